The van der Waals surface area contributed by atoms with Crippen LogP contribution in [0.3, 0.4) is 0 Å². The van der Waals surface area contributed by atoms with E-state index in [1.54, 1.807) is 0 Å². The highest BCUT2D eigenvalue weighted by Gasteiger charge is 2.39. The Morgan fingerprint density at radius 2 is 1.83 bits per heavy atom. The summed E-state index contributed by atoms with van der Waals surface area (Å²) in [6.07, 6.45) is 8.29. The lowest BCUT2D eigenvalue weighted by molar-refractivity contribution is -0.0516. The standard InChI is InChI=1S/C37H56N6O3S/c1-24(2)28-14-15-42-21-29(38-33(42)17-28)22-43-20-27-12-9-13-31(16-27)47(44,45)41-36-39-32(35-25(3)10-8-11-26(35)4)18-34(40-36)46-23-30(43)19-37(5,6)7/h8,10-11,14-15,17,21,24,27,30-32,34,36,39-41H,9,12-13,16,18-20,22-23H2,1-7H3/t27?,30-,31?,32?,34?,36?/m1/s1. The van der Waals surface area contributed by atoms with Crippen molar-refractivity contribution in [2.45, 2.75) is 129 Å². The molecule has 5 unspecified atom stereocenters. The number of sulfonamides is 1. The van der Waals surface area contributed by atoms with Gasteiger partial charge in [0.15, 0.2) is 0 Å². The van der Waals surface area contributed by atoms with Crippen LogP contribution >= 0.6 is 0 Å². The minimum atomic E-state index is -3.58. The van der Waals surface area contributed by atoms with E-state index in [0.29, 0.717) is 38.3 Å². The maximum absolute atomic E-state index is 13.9. The van der Waals surface area contributed by atoms with Crippen LogP contribution in [0.25, 0.3) is 5.65 Å². The summed E-state index contributed by atoms with van der Waals surface area (Å²) >= 11 is 0. The SMILES string of the molecule is Cc1cccc(C)c1C1CC2NC(N1)NS(=O)(=O)C1CCCC(C1)CN(Cc1cn3ccc(C(C)C)cc3n1)[C@H](CC(C)(C)C)CO2. The van der Waals surface area contributed by atoms with Crippen molar-refractivity contribution in [1.29, 1.82) is 0 Å². The summed E-state index contributed by atoms with van der Waals surface area (Å²) in [4.78, 5) is 7.65. The quantitative estimate of drug-likeness (QED) is 0.302. The average Bonchev–Trinajstić information content (AvgIpc) is 3.39. The van der Waals surface area contributed by atoms with E-state index in [1.807, 2.05) is 0 Å². The Morgan fingerprint density at radius 1 is 1.06 bits per heavy atom. The fraction of sp³-hybridized carbons (Fsp3) is 0.649. The van der Waals surface area contributed by atoms with Crippen LogP contribution in [0.2, 0.25) is 0 Å². The van der Waals surface area contributed by atoms with Crippen molar-refractivity contribution < 1.29 is 13.2 Å². The van der Waals surface area contributed by atoms with Crippen molar-refractivity contribution in [1.82, 2.24) is 29.6 Å². The zero-order valence-corrected chi connectivity index (χ0v) is 30.2. The van der Waals surface area contributed by atoms with Gasteiger partial charge < -0.3 is 9.14 Å². The molecule has 2 saturated heterocycles. The molecule has 10 heteroatoms. The van der Waals surface area contributed by atoms with Gasteiger partial charge in [0.2, 0.25) is 10.0 Å². The largest absolute Gasteiger partial charge is 0.362 e. The van der Waals surface area contributed by atoms with E-state index in [4.69, 9.17) is 9.72 Å². The first-order chi connectivity index (χ1) is 22.2. The number of ether oxygens (including phenoxy) is 1. The van der Waals surface area contributed by atoms with Gasteiger partial charge in [-0.15, -0.1) is 0 Å². The molecule has 0 amide bonds. The monoisotopic (exact) mass is 664 g/mol. The molecule has 0 radical (unpaired) electrons. The molecule has 2 aliphatic heterocycles. The van der Waals surface area contributed by atoms with Gasteiger partial charge in [-0.2, -0.15) is 4.72 Å². The highest BCUT2D eigenvalue weighted by atomic mass is 32.2. The molecule has 1 aliphatic carbocycles. The molecular weight excluding hydrogens is 609 g/mol. The van der Waals surface area contributed by atoms with Crippen molar-refractivity contribution >= 4 is 15.7 Å². The first-order valence-corrected chi connectivity index (χ1v) is 19.2. The van der Waals surface area contributed by atoms with Crippen LogP contribution in [0.5, 0.6) is 0 Å². The fourth-order valence-corrected chi connectivity index (χ4v) is 9.75. The van der Waals surface area contributed by atoms with E-state index in [0.717, 1.165) is 37.1 Å². The minimum Gasteiger partial charge on any atom is -0.362 e. The van der Waals surface area contributed by atoms with Gasteiger partial charge in [0.05, 0.1) is 17.6 Å². The molecule has 6 atom stereocenters. The number of nitrogens with zero attached hydrogens (tertiary/aromatic N) is 3. The summed E-state index contributed by atoms with van der Waals surface area (Å²) in [7, 11) is -3.58. The first-order valence-electron chi connectivity index (χ1n) is 17.7. The number of hydrogen-bond acceptors (Lipinski definition) is 7. The summed E-state index contributed by atoms with van der Waals surface area (Å²) in [5, 5.41) is 6.66. The maximum Gasteiger partial charge on any atom is 0.216 e. The fourth-order valence-electron chi connectivity index (χ4n) is 8.09. The molecule has 9 nitrogen and oxygen atoms in total. The van der Waals surface area contributed by atoms with Crippen LogP contribution in [0.4, 0.5) is 0 Å². The molecule has 47 heavy (non-hydrogen) atoms. The Bertz CT molecular complexity index is 1630. The third-order valence-electron chi connectivity index (χ3n) is 10.4. The lowest BCUT2D eigenvalue weighted by atomic mass is 9.85. The number of nitrogens with one attached hydrogen (secondary N) is 3. The van der Waals surface area contributed by atoms with Gasteiger partial charge in [-0.3, -0.25) is 15.5 Å². The Morgan fingerprint density at radius 3 is 2.55 bits per heavy atom. The molecule has 1 aromatic carbocycles. The zero-order chi connectivity index (χ0) is 33.5. The number of fused-ring (bicyclic) bond motifs is 5. The Kier molecular flexibility index (Phi) is 10.2. The smallest absolute Gasteiger partial charge is 0.216 e. The number of pyridine rings is 1. The molecule has 4 heterocycles. The van der Waals surface area contributed by atoms with Crippen LogP contribution in [0.1, 0.15) is 113 Å². The summed E-state index contributed by atoms with van der Waals surface area (Å²) in [5.74, 6) is 0.718. The summed E-state index contributed by atoms with van der Waals surface area (Å²) in [6.45, 7) is 17.7. The molecule has 4 bridgehead atoms. The van der Waals surface area contributed by atoms with Gasteiger partial charge in [0.25, 0.3) is 0 Å². The molecule has 3 aromatic rings. The third kappa shape index (κ3) is 8.28. The normalized spacial score (nSPS) is 29.3. The zero-order valence-electron chi connectivity index (χ0n) is 29.4. The van der Waals surface area contributed by atoms with E-state index < -0.39 is 21.6 Å². The van der Waals surface area contributed by atoms with Crippen LogP contribution < -0.4 is 15.4 Å². The van der Waals surface area contributed by atoms with Gasteiger partial charge in [-0.1, -0.05) is 59.2 Å². The molecule has 3 N–H and O–H groups in total. The molecule has 3 aliphatic rings. The third-order valence-corrected chi connectivity index (χ3v) is 12.3. The van der Waals surface area contributed by atoms with Gasteiger partial charge in [-0.25, -0.2) is 13.4 Å². The molecule has 258 valence electrons. The van der Waals surface area contributed by atoms with E-state index in [-0.39, 0.29) is 29.6 Å². The van der Waals surface area contributed by atoms with Crippen LogP contribution in [0.15, 0.2) is 42.7 Å². The predicted molar refractivity (Wildman–Crippen MR) is 188 cm³/mol. The molecule has 3 fully saturated rings. The lowest BCUT2D eigenvalue weighted by Gasteiger charge is -2.40. The van der Waals surface area contributed by atoms with Crippen molar-refractivity contribution in [3.05, 3.63) is 70.7 Å². The Labute approximate surface area is 282 Å². The molecule has 1 saturated carbocycles. The Balaban J connectivity index is 1.35. The topological polar surface area (TPSA) is 100 Å². The maximum atomic E-state index is 13.9. The van der Waals surface area contributed by atoms with Crippen molar-refractivity contribution in [3.63, 3.8) is 0 Å². The number of aromatic nitrogens is 2. The molecule has 2 aromatic heterocycles. The average molecular weight is 665 g/mol. The number of rotatable bonds is 5. The molecule has 0 spiro atoms. The van der Waals surface area contributed by atoms with Crippen LogP contribution in [-0.2, 0) is 21.3 Å². The second kappa shape index (κ2) is 13.9. The highest BCUT2D eigenvalue weighted by Crippen LogP contribution is 2.34. The lowest BCUT2D eigenvalue weighted by Crippen LogP contribution is -2.64. The minimum absolute atomic E-state index is 0.0507. The molecular formula is C37H56N6O3S. The number of hydrogen-bond donors (Lipinski definition) is 3. The van der Waals surface area contributed by atoms with Crippen molar-refractivity contribution in [2.75, 3.05) is 13.2 Å². The van der Waals surface area contributed by atoms with E-state index >= 15 is 0 Å². The van der Waals surface area contributed by atoms with Crippen LogP contribution in [-0.4, -0.2) is 59.7 Å². The van der Waals surface area contributed by atoms with Gasteiger partial charge in [0, 0.05) is 44.0 Å². The number of aryl methyl sites for hydroxylation is 2. The predicted octanol–water partition coefficient (Wildman–Crippen LogP) is 6.12. The van der Waals surface area contributed by atoms with Crippen molar-refractivity contribution in [3.8, 4) is 0 Å². The van der Waals surface area contributed by atoms with Gasteiger partial charge >= 0.3 is 0 Å². The van der Waals surface area contributed by atoms with E-state index in [1.165, 1.54) is 22.3 Å². The second-order valence-electron chi connectivity index (χ2n) is 16.0. The van der Waals surface area contributed by atoms with E-state index in [2.05, 4.69) is 116 Å². The second-order valence-corrected chi connectivity index (χ2v) is 18.0. The molecule has 6 rings (SSSR count). The Hall–Kier alpha value is -2.34. The first kappa shape index (κ1) is 34.5. The summed E-state index contributed by atoms with van der Waals surface area (Å²) in [6, 6.07) is 10.8. The number of benzene rings is 1. The summed E-state index contributed by atoms with van der Waals surface area (Å²) in [5.41, 5.74) is 6.98. The van der Waals surface area contributed by atoms with Crippen molar-refractivity contribution in [2.24, 2.45) is 11.3 Å². The van der Waals surface area contributed by atoms with Crippen LogP contribution in [0, 0.1) is 25.2 Å². The number of imidazole rings is 1. The van der Waals surface area contributed by atoms with E-state index in [9.17, 15) is 8.42 Å². The summed E-state index contributed by atoms with van der Waals surface area (Å²) < 4.78 is 39.8. The van der Waals surface area contributed by atoms with Gasteiger partial charge in [0.1, 0.15) is 18.2 Å². The highest BCUT2D eigenvalue weighted by molar-refractivity contribution is 7.90. The van der Waals surface area contributed by atoms with Gasteiger partial charge in [-0.05, 0) is 91.2 Å².